The molecule has 26 heavy (non-hydrogen) atoms. The molecule has 0 aliphatic carbocycles. The number of rotatable bonds is 4. The third-order valence-electron chi connectivity index (χ3n) is 4.72. The minimum atomic E-state index is -1.43. The van der Waals surface area contributed by atoms with Crippen LogP contribution >= 0.6 is 0 Å². The number of hydrazine groups is 1. The lowest BCUT2D eigenvalue weighted by Gasteiger charge is -2.38. The lowest BCUT2D eigenvalue weighted by molar-refractivity contribution is 0.0694. The molecule has 0 bridgehead atoms. The van der Waals surface area contributed by atoms with Crippen LogP contribution in [0.3, 0.4) is 0 Å². The lowest BCUT2D eigenvalue weighted by atomic mass is 10.1. The maximum atomic E-state index is 14.7. The lowest BCUT2D eigenvalue weighted by Crippen LogP contribution is -2.55. The highest BCUT2D eigenvalue weighted by molar-refractivity contribution is 5.93. The van der Waals surface area contributed by atoms with E-state index in [9.17, 15) is 23.5 Å². The van der Waals surface area contributed by atoms with Crippen molar-refractivity contribution in [1.29, 1.82) is 0 Å². The molecular weight excluding hydrogens is 346 g/mol. The number of benzene rings is 1. The molecule has 2 heterocycles. The number of halogens is 2. The number of fused-ring (bicyclic) bond motifs is 1. The zero-order valence-corrected chi connectivity index (χ0v) is 14.3. The second-order valence-electron chi connectivity index (χ2n) is 6.41. The van der Waals surface area contributed by atoms with Crippen LogP contribution in [-0.2, 0) is 6.54 Å². The van der Waals surface area contributed by atoms with Crippen molar-refractivity contribution in [2.45, 2.75) is 19.5 Å². The SMILES string of the molecule is CC1CN(c2cc3c(cc2F)c(=O)c(C(=O)O)cn3CCF)CCN1N. The molecular formula is C17H20F2N4O3. The minimum Gasteiger partial charge on any atom is -0.477 e. The van der Waals surface area contributed by atoms with Gasteiger partial charge in [0.15, 0.2) is 0 Å². The highest BCUT2D eigenvalue weighted by Crippen LogP contribution is 2.27. The number of carboxylic acids is 1. The summed E-state index contributed by atoms with van der Waals surface area (Å²) >= 11 is 0. The fourth-order valence-electron chi connectivity index (χ4n) is 3.26. The van der Waals surface area contributed by atoms with E-state index in [1.807, 2.05) is 11.8 Å². The van der Waals surface area contributed by atoms with Gasteiger partial charge in [-0.2, -0.15) is 0 Å². The highest BCUT2D eigenvalue weighted by Gasteiger charge is 2.25. The molecule has 3 rings (SSSR count). The van der Waals surface area contributed by atoms with Gasteiger partial charge in [0.25, 0.3) is 0 Å². The molecule has 0 radical (unpaired) electrons. The largest absolute Gasteiger partial charge is 0.477 e. The van der Waals surface area contributed by atoms with Crippen LogP contribution in [0.25, 0.3) is 10.9 Å². The van der Waals surface area contributed by atoms with Gasteiger partial charge in [0.1, 0.15) is 18.1 Å². The summed E-state index contributed by atoms with van der Waals surface area (Å²) in [7, 11) is 0. The van der Waals surface area contributed by atoms with Crippen molar-refractivity contribution in [3.63, 3.8) is 0 Å². The summed E-state index contributed by atoms with van der Waals surface area (Å²) in [5, 5.41) is 10.8. The van der Waals surface area contributed by atoms with Crippen LogP contribution in [0.2, 0.25) is 0 Å². The Morgan fingerprint density at radius 3 is 2.73 bits per heavy atom. The predicted octanol–water partition coefficient (Wildman–Crippen LogP) is 1.19. The summed E-state index contributed by atoms with van der Waals surface area (Å²) in [6.07, 6.45) is 1.11. The number of aromatic nitrogens is 1. The monoisotopic (exact) mass is 366 g/mol. The van der Waals surface area contributed by atoms with E-state index >= 15 is 0 Å². The summed E-state index contributed by atoms with van der Waals surface area (Å²) in [5.74, 6) is 3.79. The molecule has 9 heteroatoms. The average Bonchev–Trinajstić information content (AvgIpc) is 2.59. The Kier molecular flexibility index (Phi) is 4.92. The van der Waals surface area contributed by atoms with Crippen molar-refractivity contribution < 1.29 is 18.7 Å². The molecule has 0 saturated carbocycles. The summed E-state index contributed by atoms with van der Waals surface area (Å²) in [6, 6.07) is 2.53. The first-order chi connectivity index (χ1) is 12.3. The Morgan fingerprint density at radius 1 is 1.38 bits per heavy atom. The van der Waals surface area contributed by atoms with Gasteiger partial charge in [0.2, 0.25) is 5.43 Å². The van der Waals surface area contributed by atoms with Gasteiger partial charge in [0, 0.05) is 37.3 Å². The van der Waals surface area contributed by atoms with Crippen LogP contribution in [0.15, 0.2) is 23.1 Å². The van der Waals surface area contributed by atoms with Crippen LogP contribution in [0.1, 0.15) is 17.3 Å². The van der Waals surface area contributed by atoms with Crippen molar-refractivity contribution >= 4 is 22.6 Å². The van der Waals surface area contributed by atoms with Crippen LogP contribution < -0.4 is 16.2 Å². The standard InChI is InChI=1S/C17H20F2N4O3/c1-10-8-22(4-5-23(10)20)15-7-14-11(6-13(15)19)16(24)12(17(25)26)9-21(14)3-2-18/h6-7,9-10H,2-5,8,20H2,1H3,(H,25,26). The van der Waals surface area contributed by atoms with Gasteiger partial charge in [-0.15, -0.1) is 0 Å². The molecule has 1 atom stereocenters. The third kappa shape index (κ3) is 3.15. The van der Waals surface area contributed by atoms with Crippen molar-refractivity contribution in [3.8, 4) is 0 Å². The van der Waals surface area contributed by atoms with Gasteiger partial charge < -0.3 is 14.6 Å². The molecule has 7 nitrogen and oxygen atoms in total. The number of aromatic carboxylic acids is 1. The highest BCUT2D eigenvalue weighted by atomic mass is 19.1. The van der Waals surface area contributed by atoms with Crippen molar-refractivity contribution in [3.05, 3.63) is 39.9 Å². The fourth-order valence-corrected chi connectivity index (χ4v) is 3.26. The Hall–Kier alpha value is -2.52. The number of hydrogen-bond donors (Lipinski definition) is 2. The van der Waals surface area contributed by atoms with Crippen molar-refractivity contribution in [2.24, 2.45) is 5.84 Å². The number of nitrogens with two attached hydrogens (primary N) is 1. The van der Waals surface area contributed by atoms with Gasteiger partial charge in [-0.3, -0.25) is 10.6 Å². The molecule has 1 aromatic carbocycles. The number of nitrogens with zero attached hydrogens (tertiary/aromatic N) is 3. The predicted molar refractivity (Wildman–Crippen MR) is 93.7 cm³/mol. The van der Waals surface area contributed by atoms with Gasteiger partial charge in [-0.05, 0) is 19.1 Å². The second kappa shape index (κ2) is 7.00. The molecule has 1 fully saturated rings. The first-order valence-corrected chi connectivity index (χ1v) is 8.25. The smallest absolute Gasteiger partial charge is 0.341 e. The number of hydrogen-bond acceptors (Lipinski definition) is 5. The Bertz CT molecular complexity index is 915. The topological polar surface area (TPSA) is 91.8 Å². The van der Waals surface area contributed by atoms with E-state index in [2.05, 4.69) is 0 Å². The molecule has 3 N–H and O–H groups in total. The molecule has 1 aromatic heterocycles. The molecule has 2 aromatic rings. The maximum absolute atomic E-state index is 14.7. The van der Waals surface area contributed by atoms with E-state index in [0.717, 1.165) is 12.3 Å². The van der Waals surface area contributed by atoms with Crippen molar-refractivity contribution in [2.75, 3.05) is 31.2 Å². The summed E-state index contributed by atoms with van der Waals surface area (Å²) in [5.41, 5.74) is -0.707. The van der Waals surface area contributed by atoms with Crippen LogP contribution in [0.4, 0.5) is 14.5 Å². The molecule has 1 saturated heterocycles. The minimum absolute atomic E-state index is 0.0151. The number of piperazine rings is 1. The number of alkyl halides is 1. The molecule has 140 valence electrons. The van der Waals surface area contributed by atoms with Gasteiger partial charge in [0.05, 0.1) is 17.7 Å². The van der Waals surface area contributed by atoms with E-state index in [1.165, 1.54) is 10.6 Å². The van der Waals surface area contributed by atoms with E-state index in [4.69, 9.17) is 5.84 Å². The van der Waals surface area contributed by atoms with Gasteiger partial charge in [-0.25, -0.2) is 18.6 Å². The molecule has 0 spiro atoms. The second-order valence-corrected chi connectivity index (χ2v) is 6.41. The van der Waals surface area contributed by atoms with Crippen LogP contribution in [0.5, 0.6) is 0 Å². The Morgan fingerprint density at radius 2 is 2.12 bits per heavy atom. The van der Waals surface area contributed by atoms with E-state index in [-0.39, 0.29) is 23.7 Å². The third-order valence-corrected chi connectivity index (χ3v) is 4.72. The molecule has 1 aliphatic heterocycles. The maximum Gasteiger partial charge on any atom is 0.341 e. The zero-order valence-electron chi connectivity index (χ0n) is 14.3. The first-order valence-electron chi connectivity index (χ1n) is 8.25. The number of carboxylic acid groups (broad SMARTS) is 1. The van der Waals surface area contributed by atoms with Crippen LogP contribution in [0, 0.1) is 5.82 Å². The molecule has 1 unspecified atom stereocenters. The van der Waals surface area contributed by atoms with Gasteiger partial charge in [-0.1, -0.05) is 0 Å². The number of anilines is 1. The number of pyridine rings is 1. The summed E-state index contributed by atoms with van der Waals surface area (Å²) in [4.78, 5) is 25.4. The Balaban J connectivity index is 2.18. The van der Waals surface area contributed by atoms with E-state index in [1.54, 1.807) is 5.01 Å². The fraction of sp³-hybridized carbons (Fsp3) is 0.412. The van der Waals surface area contributed by atoms with E-state index in [0.29, 0.717) is 25.2 Å². The quantitative estimate of drug-likeness (QED) is 0.790. The van der Waals surface area contributed by atoms with Crippen molar-refractivity contribution in [1.82, 2.24) is 9.58 Å². The summed E-state index contributed by atoms with van der Waals surface area (Å²) in [6.45, 7) is 2.60. The van der Waals surface area contributed by atoms with E-state index < -0.39 is 29.5 Å². The molecule has 1 aliphatic rings. The number of aryl methyl sites for hydroxylation is 1. The summed E-state index contributed by atoms with van der Waals surface area (Å²) < 4.78 is 29.0. The van der Waals surface area contributed by atoms with Crippen LogP contribution in [-0.4, -0.2) is 53.0 Å². The van der Waals surface area contributed by atoms with Gasteiger partial charge >= 0.3 is 5.97 Å². The Labute approximate surface area is 148 Å². The molecule has 0 amide bonds. The number of carbonyl (C=O) groups is 1. The zero-order chi connectivity index (χ0) is 19.0. The normalized spacial score (nSPS) is 18.5. The first kappa shape index (κ1) is 18.3. The average molecular weight is 366 g/mol.